The summed E-state index contributed by atoms with van der Waals surface area (Å²) in [6.45, 7) is 1.74. The third kappa shape index (κ3) is 3.38. The Morgan fingerprint density at radius 3 is 3.00 bits per heavy atom. The zero-order valence-electron chi connectivity index (χ0n) is 8.70. The van der Waals surface area contributed by atoms with Crippen molar-refractivity contribution in [3.05, 3.63) is 27.3 Å². The van der Waals surface area contributed by atoms with Crippen LogP contribution >= 0.6 is 22.6 Å². The zero-order chi connectivity index (χ0) is 12.1. The molecule has 1 unspecified atom stereocenters. The van der Waals surface area contributed by atoms with E-state index in [0.717, 1.165) is 3.57 Å². The minimum atomic E-state index is -0.362. The van der Waals surface area contributed by atoms with Gasteiger partial charge in [-0.25, -0.2) is 0 Å². The van der Waals surface area contributed by atoms with E-state index in [0.29, 0.717) is 0 Å². The van der Waals surface area contributed by atoms with Gasteiger partial charge in [-0.05, 0) is 47.7 Å². The molecule has 1 aromatic rings. The fraction of sp³-hybridized carbons (Fsp3) is 0.273. The van der Waals surface area contributed by atoms with E-state index in [1.54, 1.807) is 19.1 Å². The van der Waals surface area contributed by atoms with Crippen LogP contribution in [0.1, 0.15) is 23.7 Å². The van der Waals surface area contributed by atoms with E-state index in [-0.39, 0.29) is 29.7 Å². The van der Waals surface area contributed by atoms with Crippen molar-refractivity contribution in [1.29, 1.82) is 5.26 Å². The molecule has 84 valence electrons. The Hall–Kier alpha value is -1.29. The topological polar surface area (TPSA) is 73.1 Å². The van der Waals surface area contributed by atoms with Crippen LogP contribution in [0.2, 0.25) is 0 Å². The van der Waals surface area contributed by atoms with Gasteiger partial charge in [0.25, 0.3) is 5.91 Å². The van der Waals surface area contributed by atoms with Crippen LogP contribution in [0.15, 0.2) is 18.2 Å². The number of nitriles is 1. The van der Waals surface area contributed by atoms with E-state index in [1.807, 2.05) is 6.07 Å². The molecule has 0 heterocycles. The first kappa shape index (κ1) is 12.8. The standard InChI is InChI=1S/C11H11IN2O2/c1-7(4-5-13)14-11(16)9-6-8(12)2-3-10(9)15/h2-3,6-7,15H,4H2,1H3,(H,14,16). The van der Waals surface area contributed by atoms with E-state index in [9.17, 15) is 9.90 Å². The molecule has 0 radical (unpaired) electrons. The highest BCUT2D eigenvalue weighted by molar-refractivity contribution is 14.1. The molecular formula is C11H11IN2O2. The Labute approximate surface area is 107 Å². The Morgan fingerprint density at radius 1 is 1.69 bits per heavy atom. The van der Waals surface area contributed by atoms with E-state index in [1.165, 1.54) is 6.07 Å². The third-order valence-electron chi connectivity index (χ3n) is 1.98. The van der Waals surface area contributed by atoms with Gasteiger partial charge < -0.3 is 10.4 Å². The predicted octanol–water partition coefficient (Wildman–Crippen LogP) is 2.03. The first-order valence-corrected chi connectivity index (χ1v) is 5.78. The number of halogens is 1. The maximum atomic E-state index is 11.7. The van der Waals surface area contributed by atoms with Crippen molar-refractivity contribution in [1.82, 2.24) is 5.32 Å². The van der Waals surface area contributed by atoms with Crippen molar-refractivity contribution in [3.8, 4) is 11.8 Å². The first-order chi connectivity index (χ1) is 7.54. The van der Waals surface area contributed by atoms with Crippen LogP contribution in [-0.2, 0) is 0 Å². The summed E-state index contributed by atoms with van der Waals surface area (Å²) in [4.78, 5) is 11.7. The van der Waals surface area contributed by atoms with Gasteiger partial charge in [-0.3, -0.25) is 4.79 Å². The molecule has 0 spiro atoms. The van der Waals surface area contributed by atoms with Crippen LogP contribution in [0.3, 0.4) is 0 Å². The smallest absolute Gasteiger partial charge is 0.255 e. The second kappa shape index (κ2) is 5.70. The van der Waals surface area contributed by atoms with Gasteiger partial charge in [0.2, 0.25) is 0 Å². The Bertz CT molecular complexity index is 440. The number of carbonyl (C=O) groups is 1. The van der Waals surface area contributed by atoms with Crippen molar-refractivity contribution in [2.75, 3.05) is 0 Å². The monoisotopic (exact) mass is 330 g/mol. The zero-order valence-corrected chi connectivity index (χ0v) is 10.9. The number of nitrogens with one attached hydrogen (secondary N) is 1. The molecule has 1 amide bonds. The number of phenolic OH excluding ortho intramolecular Hbond substituents is 1. The maximum Gasteiger partial charge on any atom is 0.255 e. The van der Waals surface area contributed by atoms with Crippen molar-refractivity contribution in [2.24, 2.45) is 0 Å². The lowest BCUT2D eigenvalue weighted by Crippen LogP contribution is -2.32. The second-order valence-corrected chi connectivity index (χ2v) is 4.64. The normalized spacial score (nSPS) is 11.6. The van der Waals surface area contributed by atoms with Gasteiger partial charge >= 0.3 is 0 Å². The fourth-order valence-electron chi connectivity index (χ4n) is 1.18. The Balaban J connectivity index is 2.81. The van der Waals surface area contributed by atoms with Crippen LogP contribution in [-0.4, -0.2) is 17.1 Å². The van der Waals surface area contributed by atoms with Crippen molar-refractivity contribution in [3.63, 3.8) is 0 Å². The highest BCUT2D eigenvalue weighted by atomic mass is 127. The predicted molar refractivity (Wildman–Crippen MR) is 68.0 cm³/mol. The summed E-state index contributed by atoms with van der Waals surface area (Å²) in [5.74, 6) is -0.416. The number of carbonyl (C=O) groups excluding carboxylic acids is 1. The maximum absolute atomic E-state index is 11.7. The molecular weight excluding hydrogens is 319 g/mol. The molecule has 16 heavy (non-hydrogen) atoms. The molecule has 0 aliphatic rings. The quantitative estimate of drug-likeness (QED) is 0.833. The van der Waals surface area contributed by atoms with Crippen molar-refractivity contribution < 1.29 is 9.90 Å². The van der Waals surface area contributed by atoms with Crippen LogP contribution in [0.25, 0.3) is 0 Å². The van der Waals surface area contributed by atoms with E-state index >= 15 is 0 Å². The molecule has 4 nitrogen and oxygen atoms in total. The number of rotatable bonds is 3. The number of phenols is 1. The molecule has 0 saturated carbocycles. The van der Waals surface area contributed by atoms with Crippen LogP contribution in [0.5, 0.6) is 5.75 Å². The minimum absolute atomic E-state index is 0.0536. The van der Waals surface area contributed by atoms with Gasteiger partial charge in [-0.1, -0.05) is 0 Å². The molecule has 0 aliphatic heterocycles. The average Bonchev–Trinajstić information content (AvgIpc) is 2.21. The molecule has 0 bridgehead atoms. The minimum Gasteiger partial charge on any atom is -0.507 e. The number of hydrogen-bond acceptors (Lipinski definition) is 3. The molecule has 0 aliphatic carbocycles. The lowest BCUT2D eigenvalue weighted by atomic mass is 10.1. The molecule has 0 fully saturated rings. The van der Waals surface area contributed by atoms with Gasteiger partial charge in [-0.15, -0.1) is 0 Å². The molecule has 1 aromatic carbocycles. The van der Waals surface area contributed by atoms with Crippen LogP contribution in [0.4, 0.5) is 0 Å². The van der Waals surface area contributed by atoms with E-state index in [2.05, 4.69) is 27.9 Å². The summed E-state index contributed by atoms with van der Waals surface area (Å²) >= 11 is 2.06. The highest BCUT2D eigenvalue weighted by Gasteiger charge is 2.13. The summed E-state index contributed by atoms with van der Waals surface area (Å²) in [7, 11) is 0. The molecule has 5 heteroatoms. The lowest BCUT2D eigenvalue weighted by molar-refractivity contribution is 0.0938. The second-order valence-electron chi connectivity index (χ2n) is 3.40. The largest absolute Gasteiger partial charge is 0.507 e. The fourth-order valence-corrected chi connectivity index (χ4v) is 1.67. The summed E-state index contributed by atoms with van der Waals surface area (Å²) in [5, 5.41) is 20.6. The SMILES string of the molecule is CC(CC#N)NC(=O)c1cc(I)ccc1O. The summed E-state index contributed by atoms with van der Waals surface area (Å²) in [6, 6.07) is 6.54. The van der Waals surface area contributed by atoms with Gasteiger partial charge in [0.1, 0.15) is 5.75 Å². The number of nitrogens with zero attached hydrogens (tertiary/aromatic N) is 1. The highest BCUT2D eigenvalue weighted by Crippen LogP contribution is 2.19. The summed E-state index contributed by atoms with van der Waals surface area (Å²) in [6.07, 6.45) is 0.246. The molecule has 0 aromatic heterocycles. The first-order valence-electron chi connectivity index (χ1n) is 4.71. The van der Waals surface area contributed by atoms with Crippen LogP contribution in [0, 0.1) is 14.9 Å². The summed E-state index contributed by atoms with van der Waals surface area (Å²) in [5.41, 5.74) is 0.233. The van der Waals surface area contributed by atoms with Gasteiger partial charge in [0, 0.05) is 9.61 Å². The van der Waals surface area contributed by atoms with Gasteiger partial charge in [0.05, 0.1) is 18.1 Å². The average molecular weight is 330 g/mol. The molecule has 1 rings (SSSR count). The van der Waals surface area contributed by atoms with E-state index in [4.69, 9.17) is 5.26 Å². The number of benzene rings is 1. The number of amides is 1. The van der Waals surface area contributed by atoms with Crippen molar-refractivity contribution in [2.45, 2.75) is 19.4 Å². The molecule has 1 atom stereocenters. The number of aromatic hydroxyl groups is 1. The third-order valence-corrected chi connectivity index (χ3v) is 2.65. The lowest BCUT2D eigenvalue weighted by Gasteiger charge is -2.11. The Kier molecular flexibility index (Phi) is 4.55. The van der Waals surface area contributed by atoms with Gasteiger partial charge in [0.15, 0.2) is 0 Å². The Morgan fingerprint density at radius 2 is 2.38 bits per heavy atom. The number of hydrogen-bond donors (Lipinski definition) is 2. The van der Waals surface area contributed by atoms with E-state index < -0.39 is 0 Å². The van der Waals surface area contributed by atoms with Crippen LogP contribution < -0.4 is 5.32 Å². The van der Waals surface area contributed by atoms with Crippen molar-refractivity contribution >= 4 is 28.5 Å². The van der Waals surface area contributed by atoms with Gasteiger partial charge in [-0.2, -0.15) is 5.26 Å². The molecule has 0 saturated heterocycles. The molecule has 2 N–H and O–H groups in total. The summed E-state index contributed by atoms with van der Waals surface area (Å²) < 4.78 is 0.869.